The average molecular weight is 272 g/mol. The average Bonchev–Trinajstić information content (AvgIpc) is 2.44. The van der Waals surface area contributed by atoms with Crippen molar-refractivity contribution in [3.05, 3.63) is 53.8 Å². The SMILES string of the molecule is Nc1cccc2c1N(Cc1ccccc1F)C(=O)CO2. The summed E-state index contributed by atoms with van der Waals surface area (Å²) in [6, 6.07) is 11.6. The Bertz CT molecular complexity index is 673. The van der Waals surface area contributed by atoms with Crippen molar-refractivity contribution in [2.75, 3.05) is 17.2 Å². The molecule has 0 radical (unpaired) electrons. The van der Waals surface area contributed by atoms with Crippen LogP contribution in [0.4, 0.5) is 15.8 Å². The fourth-order valence-electron chi connectivity index (χ4n) is 2.25. The van der Waals surface area contributed by atoms with E-state index >= 15 is 0 Å². The Hall–Kier alpha value is -2.56. The molecule has 0 aromatic heterocycles. The van der Waals surface area contributed by atoms with E-state index in [1.807, 2.05) is 0 Å². The number of carbonyl (C=O) groups is 1. The van der Waals surface area contributed by atoms with E-state index in [1.54, 1.807) is 36.4 Å². The second-order valence-corrected chi connectivity index (χ2v) is 4.55. The molecular weight excluding hydrogens is 259 g/mol. The van der Waals surface area contributed by atoms with Crippen LogP contribution in [0.1, 0.15) is 5.56 Å². The molecule has 5 heteroatoms. The molecule has 102 valence electrons. The molecule has 0 atom stereocenters. The molecule has 2 aromatic carbocycles. The monoisotopic (exact) mass is 272 g/mol. The number of benzene rings is 2. The molecule has 4 nitrogen and oxygen atoms in total. The Labute approximate surface area is 115 Å². The Kier molecular flexibility index (Phi) is 3.02. The minimum atomic E-state index is -0.345. The van der Waals surface area contributed by atoms with Crippen molar-refractivity contribution in [3.63, 3.8) is 0 Å². The molecule has 20 heavy (non-hydrogen) atoms. The van der Waals surface area contributed by atoms with Crippen LogP contribution in [0.25, 0.3) is 0 Å². The fourth-order valence-corrected chi connectivity index (χ4v) is 2.25. The molecule has 0 bridgehead atoms. The van der Waals surface area contributed by atoms with Gasteiger partial charge in [0.2, 0.25) is 0 Å². The van der Waals surface area contributed by atoms with Crippen molar-refractivity contribution in [1.29, 1.82) is 0 Å². The van der Waals surface area contributed by atoms with Crippen LogP contribution in [0.5, 0.6) is 5.75 Å². The summed E-state index contributed by atoms with van der Waals surface area (Å²) in [5.41, 5.74) is 7.30. The predicted octanol–water partition coefficient (Wildman–Crippen LogP) is 2.33. The first-order valence-electron chi connectivity index (χ1n) is 6.22. The minimum Gasteiger partial charge on any atom is -0.481 e. The number of nitrogens with two attached hydrogens (primary N) is 1. The summed E-state index contributed by atoms with van der Waals surface area (Å²) in [5.74, 6) is -0.0394. The van der Waals surface area contributed by atoms with E-state index in [-0.39, 0.29) is 24.9 Å². The molecule has 0 spiro atoms. The summed E-state index contributed by atoms with van der Waals surface area (Å²) in [6.45, 7) is 0.0704. The predicted molar refractivity (Wildman–Crippen MR) is 73.9 cm³/mol. The van der Waals surface area contributed by atoms with Crippen LogP contribution in [-0.2, 0) is 11.3 Å². The van der Waals surface area contributed by atoms with Gasteiger partial charge in [0, 0.05) is 5.56 Å². The van der Waals surface area contributed by atoms with Gasteiger partial charge in [-0.2, -0.15) is 0 Å². The smallest absolute Gasteiger partial charge is 0.265 e. The number of amides is 1. The summed E-state index contributed by atoms with van der Waals surface area (Å²) in [4.78, 5) is 13.5. The van der Waals surface area contributed by atoms with Crippen LogP contribution in [0.2, 0.25) is 0 Å². The van der Waals surface area contributed by atoms with Crippen molar-refractivity contribution in [2.45, 2.75) is 6.54 Å². The molecule has 0 saturated heterocycles. The lowest BCUT2D eigenvalue weighted by atomic mass is 10.1. The Morgan fingerprint density at radius 1 is 1.20 bits per heavy atom. The highest BCUT2D eigenvalue weighted by molar-refractivity contribution is 6.01. The van der Waals surface area contributed by atoms with Gasteiger partial charge in [0.15, 0.2) is 6.61 Å². The van der Waals surface area contributed by atoms with E-state index in [4.69, 9.17) is 10.5 Å². The topological polar surface area (TPSA) is 55.6 Å². The third kappa shape index (κ3) is 2.07. The second kappa shape index (κ2) is 4.85. The van der Waals surface area contributed by atoms with Gasteiger partial charge in [-0.1, -0.05) is 24.3 Å². The molecule has 1 aliphatic rings. The number of hydrogen-bond donors (Lipinski definition) is 1. The van der Waals surface area contributed by atoms with Crippen LogP contribution in [-0.4, -0.2) is 12.5 Å². The highest BCUT2D eigenvalue weighted by Gasteiger charge is 2.28. The highest BCUT2D eigenvalue weighted by atomic mass is 19.1. The minimum absolute atomic E-state index is 0.0646. The zero-order chi connectivity index (χ0) is 14.1. The summed E-state index contributed by atoms with van der Waals surface area (Å²) >= 11 is 0. The number of nitrogens with zero attached hydrogens (tertiary/aromatic N) is 1. The molecule has 0 fully saturated rings. The van der Waals surface area contributed by atoms with Crippen molar-refractivity contribution in [3.8, 4) is 5.75 Å². The van der Waals surface area contributed by atoms with Crippen LogP contribution in [0.3, 0.4) is 0 Å². The van der Waals surface area contributed by atoms with Gasteiger partial charge in [-0.15, -0.1) is 0 Å². The molecule has 2 N–H and O–H groups in total. The summed E-state index contributed by atoms with van der Waals surface area (Å²) in [6.07, 6.45) is 0. The van der Waals surface area contributed by atoms with Crippen molar-refractivity contribution in [1.82, 2.24) is 0 Å². The largest absolute Gasteiger partial charge is 0.481 e. The van der Waals surface area contributed by atoms with Gasteiger partial charge in [-0.3, -0.25) is 9.69 Å². The number of hydrogen-bond acceptors (Lipinski definition) is 3. The molecule has 1 heterocycles. The van der Waals surface area contributed by atoms with Crippen molar-refractivity contribution in [2.24, 2.45) is 0 Å². The van der Waals surface area contributed by atoms with Gasteiger partial charge >= 0.3 is 0 Å². The van der Waals surface area contributed by atoms with E-state index in [9.17, 15) is 9.18 Å². The maximum absolute atomic E-state index is 13.7. The number of fused-ring (bicyclic) bond motifs is 1. The summed E-state index contributed by atoms with van der Waals surface area (Å²) in [5, 5.41) is 0. The van der Waals surface area contributed by atoms with Gasteiger partial charge in [0.05, 0.1) is 12.2 Å². The summed E-state index contributed by atoms with van der Waals surface area (Å²) < 4.78 is 19.1. The van der Waals surface area contributed by atoms with Crippen LogP contribution >= 0.6 is 0 Å². The highest BCUT2D eigenvalue weighted by Crippen LogP contribution is 2.38. The first kappa shape index (κ1) is 12.5. The van der Waals surface area contributed by atoms with Gasteiger partial charge in [-0.05, 0) is 18.2 Å². The number of para-hydroxylation sites is 1. The lowest BCUT2D eigenvalue weighted by Gasteiger charge is -2.30. The molecule has 1 amide bonds. The van der Waals surface area contributed by atoms with Gasteiger partial charge in [0.1, 0.15) is 17.3 Å². The van der Waals surface area contributed by atoms with Gasteiger partial charge < -0.3 is 10.5 Å². The number of rotatable bonds is 2. The van der Waals surface area contributed by atoms with E-state index in [0.717, 1.165) is 0 Å². The quantitative estimate of drug-likeness (QED) is 0.854. The normalized spacial score (nSPS) is 13.8. The lowest BCUT2D eigenvalue weighted by Crippen LogP contribution is -2.39. The van der Waals surface area contributed by atoms with E-state index in [1.165, 1.54) is 11.0 Å². The first-order valence-corrected chi connectivity index (χ1v) is 6.22. The molecule has 0 aliphatic carbocycles. The number of anilines is 2. The zero-order valence-electron chi connectivity index (χ0n) is 10.7. The summed E-state index contributed by atoms with van der Waals surface area (Å²) in [7, 11) is 0. The number of carbonyl (C=O) groups excluding carboxylic acids is 1. The fraction of sp³-hybridized carbons (Fsp3) is 0.133. The van der Waals surface area contributed by atoms with Crippen LogP contribution in [0, 0.1) is 5.82 Å². The first-order chi connectivity index (χ1) is 9.66. The molecule has 0 unspecified atom stereocenters. The number of halogens is 1. The van der Waals surface area contributed by atoms with Gasteiger partial charge in [0.25, 0.3) is 5.91 Å². The number of nitrogen functional groups attached to an aromatic ring is 1. The zero-order valence-corrected chi connectivity index (χ0v) is 10.7. The third-order valence-corrected chi connectivity index (χ3v) is 3.24. The Balaban J connectivity index is 2.02. The van der Waals surface area contributed by atoms with E-state index in [0.29, 0.717) is 22.7 Å². The Morgan fingerprint density at radius 2 is 2.00 bits per heavy atom. The lowest BCUT2D eigenvalue weighted by molar-refractivity contribution is -0.121. The van der Waals surface area contributed by atoms with Crippen molar-refractivity contribution >= 4 is 17.3 Å². The number of ether oxygens (including phenoxy) is 1. The molecule has 3 rings (SSSR count). The van der Waals surface area contributed by atoms with E-state index < -0.39 is 0 Å². The van der Waals surface area contributed by atoms with Crippen LogP contribution < -0.4 is 15.4 Å². The standard InChI is InChI=1S/C15H13FN2O2/c16-11-5-2-1-4-10(11)8-18-14(19)9-20-13-7-3-6-12(17)15(13)18/h1-7H,8-9,17H2. The maximum atomic E-state index is 13.7. The Morgan fingerprint density at radius 3 is 2.80 bits per heavy atom. The molecule has 2 aromatic rings. The van der Waals surface area contributed by atoms with E-state index in [2.05, 4.69) is 0 Å². The molecule has 1 aliphatic heterocycles. The van der Waals surface area contributed by atoms with Crippen molar-refractivity contribution < 1.29 is 13.9 Å². The maximum Gasteiger partial charge on any atom is 0.265 e. The van der Waals surface area contributed by atoms with Crippen LogP contribution in [0.15, 0.2) is 42.5 Å². The van der Waals surface area contributed by atoms with Gasteiger partial charge in [-0.25, -0.2) is 4.39 Å². The second-order valence-electron chi connectivity index (χ2n) is 4.55. The molecule has 0 saturated carbocycles. The molecular formula is C15H13FN2O2. The third-order valence-electron chi connectivity index (χ3n) is 3.24.